The lowest BCUT2D eigenvalue weighted by atomic mass is 10.2. The smallest absolute Gasteiger partial charge is 0.354 e. The lowest BCUT2D eigenvalue weighted by Gasteiger charge is -2.07. The Labute approximate surface area is 119 Å². The molecule has 1 heterocycles. The number of ether oxygens (including phenoxy) is 1. The third kappa shape index (κ3) is 3.59. The molecule has 2 aromatic rings. The van der Waals surface area contributed by atoms with Crippen LogP contribution < -0.4 is 4.74 Å². The van der Waals surface area contributed by atoms with Crippen molar-refractivity contribution in [3.05, 3.63) is 57.8 Å². The van der Waals surface area contributed by atoms with E-state index in [2.05, 4.69) is 4.98 Å². The molecule has 4 nitrogen and oxygen atoms in total. The van der Waals surface area contributed by atoms with Gasteiger partial charge in [-0.1, -0.05) is 29.3 Å². The van der Waals surface area contributed by atoms with Crippen molar-refractivity contribution in [1.82, 2.24) is 4.98 Å². The van der Waals surface area contributed by atoms with Crippen LogP contribution in [0.4, 0.5) is 0 Å². The maximum Gasteiger partial charge on any atom is 0.354 e. The monoisotopic (exact) mass is 297 g/mol. The Morgan fingerprint density at radius 2 is 2.05 bits per heavy atom. The summed E-state index contributed by atoms with van der Waals surface area (Å²) >= 11 is 11.8. The third-order valence-electron chi connectivity index (χ3n) is 2.36. The highest BCUT2D eigenvalue weighted by atomic mass is 35.5. The SMILES string of the molecule is O=C(O)c1ccc(OCc2ccc(Cl)cc2Cl)cn1. The number of carboxylic acid groups (broad SMARTS) is 1. The van der Waals surface area contributed by atoms with E-state index in [1.165, 1.54) is 12.3 Å². The van der Waals surface area contributed by atoms with E-state index in [4.69, 9.17) is 33.0 Å². The van der Waals surface area contributed by atoms with E-state index >= 15 is 0 Å². The van der Waals surface area contributed by atoms with Crippen LogP contribution in [0, 0.1) is 0 Å². The quantitative estimate of drug-likeness (QED) is 0.935. The fourth-order valence-electron chi connectivity index (χ4n) is 1.39. The average molecular weight is 298 g/mol. The molecule has 0 atom stereocenters. The largest absolute Gasteiger partial charge is 0.487 e. The molecule has 0 spiro atoms. The number of aromatic nitrogens is 1. The molecule has 2 rings (SSSR count). The van der Waals surface area contributed by atoms with Crippen LogP contribution in [0.5, 0.6) is 5.75 Å². The minimum absolute atomic E-state index is 0.0307. The van der Waals surface area contributed by atoms with Crippen LogP contribution in [0.1, 0.15) is 16.1 Å². The van der Waals surface area contributed by atoms with Crippen molar-refractivity contribution < 1.29 is 14.6 Å². The molecule has 6 heteroatoms. The number of carboxylic acids is 1. The second kappa shape index (κ2) is 5.91. The molecule has 19 heavy (non-hydrogen) atoms. The number of rotatable bonds is 4. The predicted octanol–water partition coefficient (Wildman–Crippen LogP) is 3.67. The number of aromatic carboxylic acids is 1. The molecule has 0 saturated heterocycles. The van der Waals surface area contributed by atoms with E-state index in [1.807, 2.05) is 0 Å². The fraction of sp³-hybridized carbons (Fsp3) is 0.0769. The van der Waals surface area contributed by atoms with E-state index in [1.54, 1.807) is 24.3 Å². The first-order valence-electron chi connectivity index (χ1n) is 5.32. The molecule has 0 unspecified atom stereocenters. The van der Waals surface area contributed by atoms with Gasteiger partial charge >= 0.3 is 5.97 Å². The molecule has 1 N–H and O–H groups in total. The van der Waals surface area contributed by atoms with E-state index < -0.39 is 5.97 Å². The number of halogens is 2. The van der Waals surface area contributed by atoms with Crippen molar-refractivity contribution in [2.24, 2.45) is 0 Å². The van der Waals surface area contributed by atoms with Gasteiger partial charge in [0, 0.05) is 15.6 Å². The van der Waals surface area contributed by atoms with Crippen molar-refractivity contribution in [2.45, 2.75) is 6.61 Å². The van der Waals surface area contributed by atoms with Crippen LogP contribution in [0.2, 0.25) is 10.0 Å². The summed E-state index contributed by atoms with van der Waals surface area (Å²) in [5.74, 6) is -0.608. The number of benzene rings is 1. The summed E-state index contributed by atoms with van der Waals surface area (Å²) in [5, 5.41) is 9.79. The molecule has 0 aliphatic rings. The van der Waals surface area contributed by atoms with Crippen LogP contribution in [0.25, 0.3) is 0 Å². The topological polar surface area (TPSA) is 59.4 Å². The molecule has 0 fully saturated rings. The molecular weight excluding hydrogens is 289 g/mol. The van der Waals surface area contributed by atoms with Gasteiger partial charge in [0.15, 0.2) is 0 Å². The first kappa shape index (κ1) is 13.6. The third-order valence-corrected chi connectivity index (χ3v) is 2.95. The Morgan fingerprint density at radius 3 is 2.63 bits per heavy atom. The van der Waals surface area contributed by atoms with Crippen molar-refractivity contribution in [1.29, 1.82) is 0 Å². The molecular formula is C13H9Cl2NO3. The van der Waals surface area contributed by atoms with E-state index in [0.29, 0.717) is 15.8 Å². The summed E-state index contributed by atoms with van der Waals surface area (Å²) in [6, 6.07) is 8.04. The van der Waals surface area contributed by atoms with E-state index in [-0.39, 0.29) is 12.3 Å². The van der Waals surface area contributed by atoms with E-state index in [0.717, 1.165) is 5.56 Å². The Balaban J connectivity index is 2.04. The number of carbonyl (C=O) groups is 1. The van der Waals surface area contributed by atoms with Crippen LogP contribution in [-0.2, 0) is 6.61 Å². The molecule has 98 valence electrons. The van der Waals surface area contributed by atoms with Crippen LogP contribution in [0.3, 0.4) is 0 Å². The van der Waals surface area contributed by atoms with Gasteiger partial charge in [-0.3, -0.25) is 0 Å². The molecule has 0 amide bonds. The summed E-state index contributed by atoms with van der Waals surface area (Å²) in [7, 11) is 0. The van der Waals surface area contributed by atoms with Gasteiger partial charge in [0.25, 0.3) is 0 Å². The minimum atomic E-state index is -1.08. The van der Waals surface area contributed by atoms with Gasteiger partial charge in [0.1, 0.15) is 18.1 Å². The highest BCUT2D eigenvalue weighted by Gasteiger charge is 2.05. The van der Waals surface area contributed by atoms with Gasteiger partial charge in [-0.15, -0.1) is 0 Å². The lowest BCUT2D eigenvalue weighted by molar-refractivity contribution is 0.0690. The molecule has 1 aromatic heterocycles. The summed E-state index contributed by atoms with van der Waals surface area (Å²) < 4.78 is 5.46. The minimum Gasteiger partial charge on any atom is -0.487 e. The summed E-state index contributed by atoms with van der Waals surface area (Å²) in [6.07, 6.45) is 1.35. The molecule has 0 saturated carbocycles. The first-order chi connectivity index (χ1) is 9.06. The molecule has 0 bridgehead atoms. The second-order valence-electron chi connectivity index (χ2n) is 3.71. The average Bonchev–Trinajstić information content (AvgIpc) is 2.38. The Hall–Kier alpha value is -1.78. The first-order valence-corrected chi connectivity index (χ1v) is 6.08. The Kier molecular flexibility index (Phi) is 4.24. The van der Waals surface area contributed by atoms with Crippen LogP contribution in [-0.4, -0.2) is 16.1 Å². The zero-order valence-electron chi connectivity index (χ0n) is 9.64. The zero-order valence-corrected chi connectivity index (χ0v) is 11.1. The van der Waals surface area contributed by atoms with Gasteiger partial charge in [-0.25, -0.2) is 9.78 Å². The fourth-order valence-corrected chi connectivity index (χ4v) is 1.86. The molecule has 1 aromatic carbocycles. The van der Waals surface area contributed by atoms with E-state index in [9.17, 15) is 4.79 Å². The number of hydrogen-bond donors (Lipinski definition) is 1. The highest BCUT2D eigenvalue weighted by Crippen LogP contribution is 2.22. The van der Waals surface area contributed by atoms with Gasteiger partial charge in [0.2, 0.25) is 0 Å². The maximum absolute atomic E-state index is 10.6. The standard InChI is InChI=1S/C13H9Cl2NO3/c14-9-2-1-8(11(15)5-9)7-19-10-3-4-12(13(17)18)16-6-10/h1-6H,7H2,(H,17,18). The number of hydrogen-bond acceptors (Lipinski definition) is 3. The van der Waals surface area contributed by atoms with Crippen molar-refractivity contribution in [2.75, 3.05) is 0 Å². The summed E-state index contributed by atoms with van der Waals surface area (Å²) in [5.41, 5.74) is 0.755. The number of pyridine rings is 1. The van der Waals surface area contributed by atoms with Crippen LogP contribution in [0.15, 0.2) is 36.5 Å². The maximum atomic E-state index is 10.6. The lowest BCUT2D eigenvalue weighted by Crippen LogP contribution is -2.01. The summed E-state index contributed by atoms with van der Waals surface area (Å²) in [4.78, 5) is 14.4. The Morgan fingerprint density at radius 1 is 1.26 bits per heavy atom. The normalized spacial score (nSPS) is 10.2. The van der Waals surface area contributed by atoms with Crippen LogP contribution >= 0.6 is 23.2 Å². The molecule has 0 radical (unpaired) electrons. The van der Waals surface area contributed by atoms with Crippen molar-refractivity contribution in [3.8, 4) is 5.75 Å². The highest BCUT2D eigenvalue weighted by molar-refractivity contribution is 6.35. The second-order valence-corrected chi connectivity index (χ2v) is 4.55. The van der Waals surface area contributed by atoms with Gasteiger partial charge in [0.05, 0.1) is 6.20 Å². The molecule has 0 aliphatic carbocycles. The predicted molar refractivity (Wildman–Crippen MR) is 72.0 cm³/mol. The van der Waals surface area contributed by atoms with Crippen molar-refractivity contribution >= 4 is 29.2 Å². The van der Waals surface area contributed by atoms with Gasteiger partial charge < -0.3 is 9.84 Å². The van der Waals surface area contributed by atoms with Gasteiger partial charge in [-0.2, -0.15) is 0 Å². The van der Waals surface area contributed by atoms with Gasteiger partial charge in [-0.05, 0) is 24.3 Å². The van der Waals surface area contributed by atoms with Crippen molar-refractivity contribution in [3.63, 3.8) is 0 Å². The summed E-state index contributed by atoms with van der Waals surface area (Å²) in [6.45, 7) is 0.254. The molecule has 0 aliphatic heterocycles. The zero-order chi connectivity index (χ0) is 13.8. The Bertz CT molecular complexity index is 599. The number of nitrogens with zero attached hydrogens (tertiary/aromatic N) is 1.